The molecule has 0 spiro atoms. The first kappa shape index (κ1) is 12.0. The summed E-state index contributed by atoms with van der Waals surface area (Å²) in [5.41, 5.74) is 2.21. The highest BCUT2D eigenvalue weighted by Gasteiger charge is 2.26. The van der Waals surface area contributed by atoms with Crippen LogP contribution in [0, 0.1) is 11.3 Å². The minimum atomic E-state index is -0.0910. The van der Waals surface area contributed by atoms with Crippen molar-refractivity contribution >= 4 is 17.4 Å². The fourth-order valence-corrected chi connectivity index (χ4v) is 2.65. The molecule has 1 atom stereocenters. The Morgan fingerprint density at radius 1 is 1.26 bits per heavy atom. The van der Waals surface area contributed by atoms with Crippen molar-refractivity contribution in [1.29, 1.82) is 5.26 Å². The maximum absolute atomic E-state index is 12.4. The zero-order valence-electron chi connectivity index (χ0n) is 10.1. The summed E-state index contributed by atoms with van der Waals surface area (Å²) in [6.45, 7) is 0.731. The minimum Gasteiger partial charge on any atom is -0.341 e. The van der Waals surface area contributed by atoms with E-state index in [9.17, 15) is 4.79 Å². The summed E-state index contributed by atoms with van der Waals surface area (Å²) in [4.78, 5) is 12.4. The summed E-state index contributed by atoms with van der Waals surface area (Å²) in [5.74, 6) is -0.117. The summed E-state index contributed by atoms with van der Waals surface area (Å²) in [6.07, 6.45) is 0.785. The molecule has 0 amide bonds. The van der Waals surface area contributed by atoms with Gasteiger partial charge in [0.05, 0.1) is 17.7 Å². The minimum absolute atomic E-state index is 0.0264. The Labute approximate surface area is 116 Å². The van der Waals surface area contributed by atoms with Crippen LogP contribution in [0.1, 0.15) is 34.1 Å². The maximum atomic E-state index is 12.4. The zero-order chi connectivity index (χ0) is 13.4. The van der Waals surface area contributed by atoms with E-state index in [4.69, 9.17) is 16.9 Å². The fraction of sp³-hybridized carbons (Fsp3) is 0.200. The van der Waals surface area contributed by atoms with Gasteiger partial charge < -0.3 is 4.57 Å². The van der Waals surface area contributed by atoms with Crippen LogP contribution in [-0.2, 0) is 6.54 Å². The van der Waals surface area contributed by atoms with Gasteiger partial charge in [-0.25, -0.2) is 0 Å². The number of hydrogen-bond acceptors (Lipinski definition) is 2. The lowest BCUT2D eigenvalue weighted by molar-refractivity contribution is 0.103. The van der Waals surface area contributed by atoms with Crippen molar-refractivity contribution in [3.05, 3.63) is 58.4 Å². The standard InChI is InChI=1S/C15H11ClN2O/c16-12-3-1-10(2-4-12)15(19)14-6-5-13-11(9-17)7-8-18(13)14/h1-6,11H,7-8H2. The lowest BCUT2D eigenvalue weighted by atomic mass is 10.1. The Kier molecular flexibility index (Phi) is 2.88. The first-order valence-corrected chi connectivity index (χ1v) is 6.48. The number of ketones is 1. The molecule has 1 aromatic carbocycles. The second-order valence-corrected chi connectivity index (χ2v) is 5.04. The number of rotatable bonds is 2. The number of benzene rings is 1. The van der Waals surface area contributed by atoms with Gasteiger partial charge >= 0.3 is 0 Å². The van der Waals surface area contributed by atoms with Crippen LogP contribution in [0.5, 0.6) is 0 Å². The molecular weight excluding hydrogens is 260 g/mol. The summed E-state index contributed by atoms with van der Waals surface area (Å²) in [6, 6.07) is 12.8. The largest absolute Gasteiger partial charge is 0.341 e. The highest BCUT2D eigenvalue weighted by molar-refractivity contribution is 6.30. The second kappa shape index (κ2) is 4.56. The number of aromatic nitrogens is 1. The molecule has 1 unspecified atom stereocenters. The first-order valence-electron chi connectivity index (χ1n) is 6.10. The van der Waals surface area contributed by atoms with Crippen LogP contribution in [0.4, 0.5) is 0 Å². The number of carbonyl (C=O) groups excluding carboxylic acids is 1. The Morgan fingerprint density at radius 3 is 2.68 bits per heavy atom. The monoisotopic (exact) mass is 270 g/mol. The maximum Gasteiger partial charge on any atom is 0.209 e. The van der Waals surface area contributed by atoms with E-state index in [0.717, 1.165) is 18.7 Å². The molecule has 0 N–H and O–H groups in total. The third-order valence-corrected chi connectivity index (χ3v) is 3.76. The van der Waals surface area contributed by atoms with Crippen LogP contribution in [0.25, 0.3) is 0 Å². The molecule has 2 aromatic rings. The number of nitrogens with zero attached hydrogens (tertiary/aromatic N) is 2. The number of nitriles is 1. The molecule has 2 heterocycles. The molecule has 94 valence electrons. The average Bonchev–Trinajstić information content (AvgIpc) is 2.99. The van der Waals surface area contributed by atoms with Gasteiger partial charge in [-0.2, -0.15) is 5.26 Å². The smallest absolute Gasteiger partial charge is 0.209 e. The molecule has 0 radical (unpaired) electrons. The van der Waals surface area contributed by atoms with E-state index in [1.54, 1.807) is 30.3 Å². The van der Waals surface area contributed by atoms with Crippen molar-refractivity contribution in [2.24, 2.45) is 0 Å². The van der Waals surface area contributed by atoms with Gasteiger partial charge in [0.1, 0.15) is 0 Å². The number of hydrogen-bond donors (Lipinski definition) is 0. The van der Waals surface area contributed by atoms with Gasteiger partial charge in [-0.15, -0.1) is 0 Å². The van der Waals surface area contributed by atoms with Gasteiger partial charge in [-0.1, -0.05) is 11.6 Å². The normalized spacial score (nSPS) is 16.9. The van der Waals surface area contributed by atoms with Crippen LogP contribution in [0.15, 0.2) is 36.4 Å². The van der Waals surface area contributed by atoms with E-state index in [0.29, 0.717) is 16.3 Å². The lowest BCUT2D eigenvalue weighted by Gasteiger charge is -2.05. The van der Waals surface area contributed by atoms with Crippen LogP contribution >= 0.6 is 11.6 Å². The Bertz CT molecular complexity index is 679. The number of halogens is 1. The predicted molar refractivity (Wildman–Crippen MR) is 72.3 cm³/mol. The topological polar surface area (TPSA) is 45.8 Å². The van der Waals surface area contributed by atoms with Crippen molar-refractivity contribution in [2.45, 2.75) is 18.9 Å². The van der Waals surface area contributed by atoms with Gasteiger partial charge in [0.15, 0.2) is 0 Å². The molecule has 0 fully saturated rings. The van der Waals surface area contributed by atoms with Crippen LogP contribution < -0.4 is 0 Å². The van der Waals surface area contributed by atoms with E-state index in [2.05, 4.69) is 6.07 Å². The molecule has 3 rings (SSSR count). The molecule has 1 aromatic heterocycles. The van der Waals surface area contributed by atoms with Gasteiger partial charge in [0, 0.05) is 22.8 Å². The van der Waals surface area contributed by atoms with Crippen molar-refractivity contribution in [2.75, 3.05) is 0 Å². The Hall–Kier alpha value is -2.05. The molecule has 0 saturated carbocycles. The van der Waals surface area contributed by atoms with E-state index in [1.807, 2.05) is 10.6 Å². The SMILES string of the molecule is N#CC1CCn2c(C(=O)c3ccc(Cl)cc3)ccc21. The molecule has 3 nitrogen and oxygen atoms in total. The fourth-order valence-electron chi connectivity index (χ4n) is 2.52. The van der Waals surface area contributed by atoms with E-state index in [1.165, 1.54) is 0 Å². The highest BCUT2D eigenvalue weighted by atomic mass is 35.5. The Morgan fingerprint density at radius 2 is 2.00 bits per heavy atom. The summed E-state index contributed by atoms with van der Waals surface area (Å²) < 4.78 is 1.95. The van der Waals surface area contributed by atoms with Crippen LogP contribution in [0.2, 0.25) is 5.02 Å². The van der Waals surface area contributed by atoms with Gasteiger partial charge in [-0.05, 0) is 42.8 Å². The molecular formula is C15H11ClN2O. The van der Waals surface area contributed by atoms with Crippen molar-refractivity contribution < 1.29 is 4.79 Å². The molecule has 0 aliphatic carbocycles. The summed E-state index contributed by atoms with van der Waals surface area (Å²) in [5, 5.41) is 9.66. The van der Waals surface area contributed by atoms with Crippen molar-refractivity contribution in [3.63, 3.8) is 0 Å². The third-order valence-electron chi connectivity index (χ3n) is 3.51. The first-order chi connectivity index (χ1) is 9.20. The van der Waals surface area contributed by atoms with E-state index < -0.39 is 0 Å². The molecule has 1 aliphatic heterocycles. The van der Waals surface area contributed by atoms with Gasteiger partial charge in [0.2, 0.25) is 5.78 Å². The van der Waals surface area contributed by atoms with Gasteiger partial charge in [-0.3, -0.25) is 4.79 Å². The molecule has 4 heteroatoms. The lowest BCUT2D eigenvalue weighted by Crippen LogP contribution is -2.08. The molecule has 1 aliphatic rings. The third kappa shape index (κ3) is 1.94. The Balaban J connectivity index is 1.98. The molecule has 0 saturated heterocycles. The quantitative estimate of drug-likeness (QED) is 0.785. The second-order valence-electron chi connectivity index (χ2n) is 4.60. The van der Waals surface area contributed by atoms with Crippen LogP contribution in [-0.4, -0.2) is 10.4 Å². The van der Waals surface area contributed by atoms with Gasteiger partial charge in [0.25, 0.3) is 0 Å². The van der Waals surface area contributed by atoms with E-state index >= 15 is 0 Å². The average molecular weight is 271 g/mol. The van der Waals surface area contributed by atoms with Crippen molar-refractivity contribution in [3.8, 4) is 6.07 Å². The predicted octanol–water partition coefficient (Wildman–Crippen LogP) is 3.38. The number of carbonyl (C=O) groups is 1. The summed E-state index contributed by atoms with van der Waals surface area (Å²) >= 11 is 5.82. The number of fused-ring (bicyclic) bond motifs is 1. The molecule has 0 bridgehead atoms. The summed E-state index contributed by atoms with van der Waals surface area (Å²) in [7, 11) is 0. The van der Waals surface area contributed by atoms with Crippen molar-refractivity contribution in [1.82, 2.24) is 4.57 Å². The highest BCUT2D eigenvalue weighted by Crippen LogP contribution is 2.30. The van der Waals surface area contributed by atoms with E-state index in [-0.39, 0.29) is 11.7 Å². The van der Waals surface area contributed by atoms with Crippen LogP contribution in [0.3, 0.4) is 0 Å². The zero-order valence-corrected chi connectivity index (χ0v) is 10.9. The molecule has 19 heavy (non-hydrogen) atoms.